The van der Waals surface area contributed by atoms with Crippen molar-refractivity contribution in [1.29, 1.82) is 0 Å². The molecule has 0 amide bonds. The predicted molar refractivity (Wildman–Crippen MR) is 64.4 cm³/mol. The zero-order valence-electron chi connectivity index (χ0n) is 10.2. The average Bonchev–Trinajstić information content (AvgIpc) is 2.11. The first-order valence-electron chi connectivity index (χ1n) is 6.07. The number of nitrogens with two attached hydrogens (primary N) is 1. The molecule has 86 valence electrons. The minimum absolute atomic E-state index is 0.727. The first-order valence-corrected chi connectivity index (χ1v) is 6.07. The molecule has 1 unspecified atom stereocenters. The number of hydrogen-bond donors (Lipinski definition) is 2. The molecule has 0 bridgehead atoms. The van der Waals surface area contributed by atoms with Crippen molar-refractivity contribution in [3.05, 3.63) is 0 Å². The van der Waals surface area contributed by atoms with E-state index in [1.807, 2.05) is 0 Å². The first-order chi connectivity index (χ1) is 6.66. The van der Waals surface area contributed by atoms with Crippen LogP contribution in [0, 0.1) is 11.8 Å². The van der Waals surface area contributed by atoms with Crippen molar-refractivity contribution in [3.8, 4) is 0 Å². The highest BCUT2D eigenvalue weighted by molar-refractivity contribution is 4.58. The smallest absolute Gasteiger partial charge is 0.00227 e. The van der Waals surface area contributed by atoms with Gasteiger partial charge in [-0.15, -0.1) is 0 Å². The second-order valence-electron chi connectivity index (χ2n) is 4.78. The van der Waals surface area contributed by atoms with E-state index in [9.17, 15) is 0 Å². The van der Waals surface area contributed by atoms with Crippen LogP contribution >= 0.6 is 0 Å². The quantitative estimate of drug-likeness (QED) is 0.561. The highest BCUT2D eigenvalue weighted by Crippen LogP contribution is 2.05. The van der Waals surface area contributed by atoms with Crippen LogP contribution in [-0.2, 0) is 0 Å². The topological polar surface area (TPSA) is 38.0 Å². The second-order valence-corrected chi connectivity index (χ2v) is 4.78. The van der Waals surface area contributed by atoms with Gasteiger partial charge in [-0.25, -0.2) is 0 Å². The maximum absolute atomic E-state index is 5.49. The molecule has 2 heteroatoms. The molecular weight excluding hydrogens is 172 g/mol. The number of unbranched alkanes of at least 4 members (excludes halogenated alkanes) is 1. The number of hydrogen-bond acceptors (Lipinski definition) is 2. The van der Waals surface area contributed by atoms with E-state index in [2.05, 4.69) is 26.1 Å². The molecule has 0 spiro atoms. The normalized spacial score (nSPS) is 13.5. The molecule has 0 aromatic rings. The fourth-order valence-corrected chi connectivity index (χ4v) is 1.54. The summed E-state index contributed by atoms with van der Waals surface area (Å²) in [6.45, 7) is 9.94. The highest BCUT2D eigenvalue weighted by Gasteiger charge is 1.99. The number of rotatable bonds is 9. The van der Waals surface area contributed by atoms with E-state index in [1.54, 1.807) is 0 Å². The summed E-state index contributed by atoms with van der Waals surface area (Å²) in [6.07, 6.45) is 5.17. The average molecular weight is 200 g/mol. The summed E-state index contributed by atoms with van der Waals surface area (Å²) in [5.74, 6) is 1.58. The van der Waals surface area contributed by atoms with Crippen molar-refractivity contribution in [2.45, 2.75) is 46.5 Å². The van der Waals surface area contributed by atoms with Crippen LogP contribution < -0.4 is 11.1 Å². The molecular formula is C12H28N2. The molecule has 0 aliphatic heterocycles. The molecule has 0 radical (unpaired) electrons. The maximum Gasteiger partial charge on any atom is -0.00227 e. The molecule has 14 heavy (non-hydrogen) atoms. The van der Waals surface area contributed by atoms with Gasteiger partial charge in [0.2, 0.25) is 0 Å². The standard InChI is InChI=1S/C12H28N2/c1-11(2)6-4-5-9-14-10-12(3)7-8-13/h11-12,14H,4-10,13H2,1-3H3. The lowest BCUT2D eigenvalue weighted by Gasteiger charge is -2.11. The summed E-state index contributed by atoms with van der Waals surface area (Å²) < 4.78 is 0. The third-order valence-electron chi connectivity index (χ3n) is 2.54. The van der Waals surface area contributed by atoms with Gasteiger partial charge in [-0.05, 0) is 44.3 Å². The predicted octanol–water partition coefficient (Wildman–Crippen LogP) is 2.39. The molecule has 3 N–H and O–H groups in total. The van der Waals surface area contributed by atoms with E-state index >= 15 is 0 Å². The van der Waals surface area contributed by atoms with Gasteiger partial charge in [0.05, 0.1) is 0 Å². The minimum atomic E-state index is 0.727. The minimum Gasteiger partial charge on any atom is -0.330 e. The van der Waals surface area contributed by atoms with Crippen LogP contribution in [-0.4, -0.2) is 19.6 Å². The molecule has 0 aliphatic rings. The van der Waals surface area contributed by atoms with Gasteiger partial charge < -0.3 is 11.1 Å². The Balaban J connectivity index is 3.05. The van der Waals surface area contributed by atoms with Crippen LogP contribution in [0.5, 0.6) is 0 Å². The Hall–Kier alpha value is -0.0800. The molecule has 0 aromatic carbocycles. The van der Waals surface area contributed by atoms with Crippen LogP contribution in [0.15, 0.2) is 0 Å². The Morgan fingerprint density at radius 2 is 1.79 bits per heavy atom. The Morgan fingerprint density at radius 3 is 2.36 bits per heavy atom. The molecule has 0 heterocycles. The lowest BCUT2D eigenvalue weighted by atomic mass is 10.1. The van der Waals surface area contributed by atoms with Crippen molar-refractivity contribution >= 4 is 0 Å². The lowest BCUT2D eigenvalue weighted by Crippen LogP contribution is -2.23. The van der Waals surface area contributed by atoms with Crippen molar-refractivity contribution in [2.75, 3.05) is 19.6 Å². The fourth-order valence-electron chi connectivity index (χ4n) is 1.54. The van der Waals surface area contributed by atoms with Gasteiger partial charge in [0.1, 0.15) is 0 Å². The SMILES string of the molecule is CC(C)CCCCNCC(C)CCN. The van der Waals surface area contributed by atoms with Crippen LogP contribution in [0.3, 0.4) is 0 Å². The summed E-state index contributed by atoms with van der Waals surface area (Å²) in [5, 5.41) is 3.49. The summed E-state index contributed by atoms with van der Waals surface area (Å²) in [6, 6.07) is 0. The zero-order chi connectivity index (χ0) is 10.8. The van der Waals surface area contributed by atoms with E-state index in [0.717, 1.165) is 31.3 Å². The summed E-state index contributed by atoms with van der Waals surface area (Å²) in [4.78, 5) is 0. The molecule has 0 aromatic heterocycles. The van der Waals surface area contributed by atoms with Gasteiger partial charge in [0, 0.05) is 0 Å². The van der Waals surface area contributed by atoms with Gasteiger partial charge in [0.15, 0.2) is 0 Å². The molecule has 0 aliphatic carbocycles. The van der Waals surface area contributed by atoms with Gasteiger partial charge in [-0.2, -0.15) is 0 Å². The third-order valence-corrected chi connectivity index (χ3v) is 2.54. The van der Waals surface area contributed by atoms with Crippen molar-refractivity contribution < 1.29 is 0 Å². The molecule has 1 atom stereocenters. The molecule has 0 saturated heterocycles. The second kappa shape index (κ2) is 9.47. The largest absolute Gasteiger partial charge is 0.330 e. The third kappa shape index (κ3) is 10.0. The first kappa shape index (κ1) is 13.9. The Labute approximate surface area is 89.6 Å². The zero-order valence-corrected chi connectivity index (χ0v) is 10.2. The van der Waals surface area contributed by atoms with Crippen molar-refractivity contribution in [3.63, 3.8) is 0 Å². The van der Waals surface area contributed by atoms with E-state index in [4.69, 9.17) is 5.73 Å². The summed E-state index contributed by atoms with van der Waals surface area (Å²) >= 11 is 0. The maximum atomic E-state index is 5.49. The fraction of sp³-hybridized carbons (Fsp3) is 1.00. The van der Waals surface area contributed by atoms with Gasteiger partial charge >= 0.3 is 0 Å². The Kier molecular flexibility index (Phi) is 9.42. The van der Waals surface area contributed by atoms with Crippen LogP contribution in [0.1, 0.15) is 46.5 Å². The molecule has 0 rings (SSSR count). The van der Waals surface area contributed by atoms with Crippen molar-refractivity contribution in [2.24, 2.45) is 17.6 Å². The molecule has 0 saturated carbocycles. The van der Waals surface area contributed by atoms with Gasteiger partial charge in [-0.1, -0.05) is 33.6 Å². The number of nitrogens with one attached hydrogen (secondary N) is 1. The Bertz CT molecular complexity index is 113. The molecule has 0 fully saturated rings. The van der Waals surface area contributed by atoms with Gasteiger partial charge in [-0.3, -0.25) is 0 Å². The van der Waals surface area contributed by atoms with Gasteiger partial charge in [0.25, 0.3) is 0 Å². The van der Waals surface area contributed by atoms with Crippen molar-refractivity contribution in [1.82, 2.24) is 5.32 Å². The van der Waals surface area contributed by atoms with Crippen LogP contribution in [0.4, 0.5) is 0 Å². The summed E-state index contributed by atoms with van der Waals surface area (Å²) in [5.41, 5.74) is 5.49. The van der Waals surface area contributed by atoms with E-state index in [0.29, 0.717) is 0 Å². The monoisotopic (exact) mass is 200 g/mol. The Morgan fingerprint density at radius 1 is 1.07 bits per heavy atom. The lowest BCUT2D eigenvalue weighted by molar-refractivity contribution is 0.467. The molecule has 2 nitrogen and oxygen atoms in total. The van der Waals surface area contributed by atoms with E-state index in [-0.39, 0.29) is 0 Å². The highest BCUT2D eigenvalue weighted by atomic mass is 14.8. The summed E-state index contributed by atoms with van der Waals surface area (Å²) in [7, 11) is 0. The van der Waals surface area contributed by atoms with E-state index < -0.39 is 0 Å². The van der Waals surface area contributed by atoms with Crippen LogP contribution in [0.25, 0.3) is 0 Å². The van der Waals surface area contributed by atoms with Crippen LogP contribution in [0.2, 0.25) is 0 Å². The van der Waals surface area contributed by atoms with E-state index in [1.165, 1.54) is 25.8 Å².